The molecule has 0 saturated heterocycles. The van der Waals surface area contributed by atoms with Gasteiger partial charge in [-0.15, -0.1) is 0 Å². The first-order chi connectivity index (χ1) is 11.5. The summed E-state index contributed by atoms with van der Waals surface area (Å²) in [5.41, 5.74) is 1.80. The largest absolute Gasteiger partial charge is 0.506 e. The van der Waals surface area contributed by atoms with Crippen molar-refractivity contribution in [3.63, 3.8) is 0 Å². The van der Waals surface area contributed by atoms with Crippen molar-refractivity contribution in [2.45, 2.75) is 13.3 Å². The SMILES string of the molecule is CCc1c(-c2cn(C)c3ccccc23)[nH]c(=O)c(C(=O)OC)c1O. The van der Waals surface area contributed by atoms with Crippen LogP contribution in [-0.4, -0.2) is 27.7 Å². The molecule has 2 heterocycles. The fourth-order valence-corrected chi connectivity index (χ4v) is 3.03. The Hall–Kier alpha value is -3.02. The monoisotopic (exact) mass is 326 g/mol. The smallest absolute Gasteiger partial charge is 0.347 e. The van der Waals surface area contributed by atoms with Crippen LogP contribution in [0.4, 0.5) is 0 Å². The van der Waals surface area contributed by atoms with Crippen molar-refractivity contribution in [1.82, 2.24) is 9.55 Å². The second-order valence-corrected chi connectivity index (χ2v) is 5.55. The van der Waals surface area contributed by atoms with Gasteiger partial charge in [0.2, 0.25) is 0 Å². The molecule has 3 rings (SSSR count). The van der Waals surface area contributed by atoms with Crippen molar-refractivity contribution in [3.8, 4) is 17.0 Å². The molecule has 2 aromatic heterocycles. The van der Waals surface area contributed by atoms with E-state index >= 15 is 0 Å². The van der Waals surface area contributed by atoms with E-state index in [4.69, 9.17) is 0 Å². The zero-order chi connectivity index (χ0) is 17.4. The van der Waals surface area contributed by atoms with Gasteiger partial charge in [-0.25, -0.2) is 4.79 Å². The van der Waals surface area contributed by atoms with Crippen LogP contribution in [0, 0.1) is 0 Å². The van der Waals surface area contributed by atoms with E-state index in [2.05, 4.69) is 9.72 Å². The fourth-order valence-electron chi connectivity index (χ4n) is 3.03. The minimum Gasteiger partial charge on any atom is -0.506 e. The number of para-hydroxylation sites is 1. The highest BCUT2D eigenvalue weighted by Crippen LogP contribution is 2.35. The number of aromatic amines is 1. The lowest BCUT2D eigenvalue weighted by Gasteiger charge is -2.12. The zero-order valence-electron chi connectivity index (χ0n) is 13.7. The second kappa shape index (κ2) is 5.88. The van der Waals surface area contributed by atoms with Crippen molar-refractivity contribution in [2.75, 3.05) is 7.11 Å². The predicted octanol–water partition coefficient (Wildman–Crippen LogP) is 2.59. The second-order valence-electron chi connectivity index (χ2n) is 5.55. The maximum absolute atomic E-state index is 12.3. The van der Waals surface area contributed by atoms with E-state index in [-0.39, 0.29) is 11.3 Å². The average Bonchev–Trinajstić information content (AvgIpc) is 2.91. The highest BCUT2D eigenvalue weighted by Gasteiger charge is 2.24. The Bertz CT molecular complexity index is 998. The first kappa shape index (κ1) is 15.9. The molecule has 124 valence electrons. The first-order valence-corrected chi connectivity index (χ1v) is 7.60. The van der Waals surface area contributed by atoms with E-state index in [0.717, 1.165) is 16.5 Å². The van der Waals surface area contributed by atoms with E-state index in [1.54, 1.807) is 0 Å². The van der Waals surface area contributed by atoms with E-state index in [9.17, 15) is 14.7 Å². The Balaban J connectivity index is 2.36. The van der Waals surface area contributed by atoms with Gasteiger partial charge in [-0.1, -0.05) is 25.1 Å². The lowest BCUT2D eigenvalue weighted by molar-refractivity contribution is 0.0595. The molecule has 0 saturated carbocycles. The summed E-state index contributed by atoms with van der Waals surface area (Å²) in [5, 5.41) is 11.4. The van der Waals surface area contributed by atoms with Crippen LogP contribution in [0.25, 0.3) is 22.2 Å². The Morgan fingerprint density at radius 3 is 2.71 bits per heavy atom. The lowest BCUT2D eigenvalue weighted by Crippen LogP contribution is -2.21. The van der Waals surface area contributed by atoms with Crippen LogP contribution in [0.15, 0.2) is 35.3 Å². The Kier molecular flexibility index (Phi) is 3.89. The number of nitrogens with one attached hydrogen (secondary N) is 1. The number of carbonyl (C=O) groups is 1. The minimum absolute atomic E-state index is 0.323. The summed E-state index contributed by atoms with van der Waals surface area (Å²) in [7, 11) is 3.09. The maximum atomic E-state index is 12.3. The van der Waals surface area contributed by atoms with E-state index < -0.39 is 11.5 Å². The van der Waals surface area contributed by atoms with Crippen LogP contribution in [0.2, 0.25) is 0 Å². The van der Waals surface area contributed by atoms with Crippen LogP contribution < -0.4 is 5.56 Å². The minimum atomic E-state index is -0.854. The molecule has 0 fully saturated rings. The number of rotatable bonds is 3. The molecule has 0 bridgehead atoms. The van der Waals surface area contributed by atoms with Gasteiger partial charge in [-0.05, 0) is 12.5 Å². The molecular weight excluding hydrogens is 308 g/mol. The molecule has 0 aliphatic rings. The summed E-state index contributed by atoms with van der Waals surface area (Å²) in [6.07, 6.45) is 2.34. The molecule has 2 N–H and O–H groups in total. The van der Waals surface area contributed by atoms with Gasteiger partial charge in [0.05, 0.1) is 12.8 Å². The number of nitrogens with zero attached hydrogens (tertiary/aromatic N) is 1. The number of pyridine rings is 1. The van der Waals surface area contributed by atoms with Crippen molar-refractivity contribution in [3.05, 3.63) is 51.9 Å². The number of carbonyl (C=O) groups excluding carboxylic acids is 1. The van der Waals surface area contributed by atoms with Crippen LogP contribution in [-0.2, 0) is 18.2 Å². The van der Waals surface area contributed by atoms with Gasteiger partial charge in [0.15, 0.2) is 5.56 Å². The topological polar surface area (TPSA) is 84.3 Å². The molecule has 0 aliphatic carbocycles. The first-order valence-electron chi connectivity index (χ1n) is 7.60. The molecule has 0 amide bonds. The van der Waals surface area contributed by atoms with Gasteiger partial charge < -0.3 is 19.4 Å². The number of methoxy groups -OCH3 is 1. The number of H-pyrrole nitrogens is 1. The third-order valence-electron chi connectivity index (χ3n) is 4.20. The van der Waals surface area contributed by atoms with Crippen molar-refractivity contribution in [1.29, 1.82) is 0 Å². The molecule has 0 unspecified atom stereocenters. The number of benzene rings is 1. The van der Waals surface area contributed by atoms with E-state index in [0.29, 0.717) is 17.7 Å². The fraction of sp³-hybridized carbons (Fsp3) is 0.222. The Morgan fingerprint density at radius 1 is 1.33 bits per heavy atom. The number of hydrogen-bond acceptors (Lipinski definition) is 4. The van der Waals surface area contributed by atoms with Gasteiger partial charge in [-0.3, -0.25) is 4.79 Å². The van der Waals surface area contributed by atoms with Crippen molar-refractivity contribution in [2.24, 2.45) is 7.05 Å². The molecule has 0 aliphatic heterocycles. The third-order valence-corrected chi connectivity index (χ3v) is 4.20. The van der Waals surface area contributed by atoms with Crippen LogP contribution in [0.1, 0.15) is 22.8 Å². The zero-order valence-corrected chi connectivity index (χ0v) is 13.7. The molecule has 3 aromatic rings. The van der Waals surface area contributed by atoms with Crippen molar-refractivity contribution >= 4 is 16.9 Å². The molecule has 1 aromatic carbocycles. The third kappa shape index (κ3) is 2.27. The van der Waals surface area contributed by atoms with Gasteiger partial charge in [0.25, 0.3) is 5.56 Å². The normalized spacial score (nSPS) is 11.0. The van der Waals surface area contributed by atoms with E-state index in [1.165, 1.54) is 7.11 Å². The number of esters is 1. The lowest BCUT2D eigenvalue weighted by atomic mass is 10.00. The summed E-state index contributed by atoms with van der Waals surface area (Å²) in [4.78, 5) is 26.8. The average molecular weight is 326 g/mol. The number of aromatic hydroxyl groups is 1. The standard InChI is InChI=1S/C18H18N2O4/c1-4-10-15(19-17(22)14(16(10)21)18(23)24-3)12-9-20(2)13-8-6-5-7-11(12)13/h5-9H,4H2,1-3H3,(H2,19,21,22). The number of aryl methyl sites for hydroxylation is 1. The van der Waals surface area contributed by atoms with Crippen molar-refractivity contribution < 1.29 is 14.6 Å². The molecule has 0 atom stereocenters. The summed E-state index contributed by atoms with van der Waals surface area (Å²) in [6, 6.07) is 7.78. The molecule has 0 radical (unpaired) electrons. The van der Waals surface area contributed by atoms with Gasteiger partial charge in [0.1, 0.15) is 5.75 Å². The Morgan fingerprint density at radius 2 is 2.04 bits per heavy atom. The Labute approximate surface area is 138 Å². The molecular formula is C18H18N2O4. The van der Waals surface area contributed by atoms with Crippen LogP contribution in [0.5, 0.6) is 5.75 Å². The number of fused-ring (bicyclic) bond motifs is 1. The van der Waals surface area contributed by atoms with Crippen LogP contribution in [0.3, 0.4) is 0 Å². The molecule has 24 heavy (non-hydrogen) atoms. The molecule has 6 nitrogen and oxygen atoms in total. The van der Waals surface area contributed by atoms with E-state index in [1.807, 2.05) is 49.0 Å². The maximum Gasteiger partial charge on any atom is 0.347 e. The number of aromatic nitrogens is 2. The summed E-state index contributed by atoms with van der Waals surface area (Å²) < 4.78 is 6.55. The summed E-state index contributed by atoms with van der Waals surface area (Å²) >= 11 is 0. The van der Waals surface area contributed by atoms with Crippen LogP contribution >= 0.6 is 0 Å². The van der Waals surface area contributed by atoms with Gasteiger partial charge in [-0.2, -0.15) is 0 Å². The highest BCUT2D eigenvalue weighted by molar-refractivity contribution is 5.98. The van der Waals surface area contributed by atoms with Gasteiger partial charge >= 0.3 is 5.97 Å². The summed E-state index contributed by atoms with van der Waals surface area (Å²) in [6.45, 7) is 1.85. The summed E-state index contributed by atoms with van der Waals surface area (Å²) in [5.74, 6) is -1.18. The predicted molar refractivity (Wildman–Crippen MR) is 91.4 cm³/mol. The van der Waals surface area contributed by atoms with Gasteiger partial charge in [0, 0.05) is 35.3 Å². The number of hydrogen-bond donors (Lipinski definition) is 2. The molecule has 6 heteroatoms. The molecule has 0 spiro atoms. The highest BCUT2D eigenvalue weighted by atomic mass is 16.5. The quantitative estimate of drug-likeness (QED) is 0.725. The number of ether oxygens (including phenoxy) is 1.